The molecule has 0 saturated heterocycles. The normalized spacial score (nSPS) is 11.8. The number of nitrogens with zero attached hydrogens (tertiary/aromatic N) is 4. The molecule has 0 amide bonds. The molecule has 0 aliphatic carbocycles. The lowest BCUT2D eigenvalue weighted by Gasteiger charge is -2.27. The Morgan fingerprint density at radius 3 is 2.12 bits per heavy atom. The number of nitrogens with one attached hydrogen (secondary N) is 1. The van der Waals surface area contributed by atoms with Crippen LogP contribution in [0.5, 0.6) is 0 Å². The van der Waals surface area contributed by atoms with Gasteiger partial charge in [0.25, 0.3) is 0 Å². The molecule has 0 fully saturated rings. The molecule has 3 aromatic rings. The molecule has 0 saturated carbocycles. The van der Waals surface area contributed by atoms with E-state index in [1.165, 1.54) is 5.56 Å². The highest BCUT2D eigenvalue weighted by atomic mass is 15.3. The molecule has 0 bridgehead atoms. The predicted octanol–water partition coefficient (Wildman–Crippen LogP) is 5.77. The summed E-state index contributed by atoms with van der Waals surface area (Å²) in [6.45, 7) is 16.8. The maximum absolute atomic E-state index is 5.84. The number of rotatable bonds is 11. The molecule has 0 aliphatic heterocycles. The second-order valence-electron chi connectivity index (χ2n) is 9.84. The number of pyridine rings is 1. The van der Waals surface area contributed by atoms with Crippen molar-refractivity contribution in [1.82, 2.24) is 14.5 Å². The molecule has 2 aromatic heterocycles. The third-order valence-electron chi connectivity index (χ3n) is 5.49. The maximum Gasteiger partial charge on any atom is 0.209 e. The summed E-state index contributed by atoms with van der Waals surface area (Å²) in [6.07, 6.45) is 0.875. The zero-order chi connectivity index (χ0) is 23.3. The van der Waals surface area contributed by atoms with Gasteiger partial charge in [-0.05, 0) is 60.5 Å². The summed E-state index contributed by atoms with van der Waals surface area (Å²) >= 11 is 0. The van der Waals surface area contributed by atoms with Crippen LogP contribution in [0.25, 0.3) is 11.2 Å². The van der Waals surface area contributed by atoms with E-state index in [1.54, 1.807) is 0 Å². The Kier molecular flexibility index (Phi) is 8.13. The van der Waals surface area contributed by atoms with Gasteiger partial charge in [0.15, 0.2) is 5.65 Å². The predicted molar refractivity (Wildman–Crippen MR) is 137 cm³/mol. The lowest BCUT2D eigenvalue weighted by Crippen LogP contribution is -2.32. The van der Waals surface area contributed by atoms with E-state index in [4.69, 9.17) is 15.7 Å². The van der Waals surface area contributed by atoms with Gasteiger partial charge in [0, 0.05) is 25.3 Å². The van der Waals surface area contributed by atoms with Crippen LogP contribution in [0.1, 0.15) is 59.4 Å². The minimum atomic E-state index is 0.514. The first kappa shape index (κ1) is 24.1. The Morgan fingerprint density at radius 1 is 0.906 bits per heavy atom. The summed E-state index contributed by atoms with van der Waals surface area (Å²) in [5, 5.41) is 3.51. The topological polar surface area (TPSA) is 72.0 Å². The molecular formula is C26H40N6. The minimum Gasteiger partial charge on any atom is -0.356 e. The molecule has 32 heavy (non-hydrogen) atoms. The number of aryl methyl sites for hydroxylation is 1. The van der Waals surface area contributed by atoms with Gasteiger partial charge in [-0.25, -0.2) is 9.97 Å². The van der Waals surface area contributed by atoms with Gasteiger partial charge in [-0.2, -0.15) is 0 Å². The summed E-state index contributed by atoms with van der Waals surface area (Å²) in [4.78, 5) is 12.3. The highest BCUT2D eigenvalue weighted by Crippen LogP contribution is 2.26. The highest BCUT2D eigenvalue weighted by Gasteiger charge is 2.17. The first-order chi connectivity index (χ1) is 15.3. The van der Waals surface area contributed by atoms with E-state index in [9.17, 15) is 0 Å². The van der Waals surface area contributed by atoms with Crippen LogP contribution >= 0.6 is 0 Å². The SMILES string of the molecule is CC(C)CN(CC(C)C)c1ccc2nc(Nc3ccc(C(C)C)cc3)n(CCCN)c2n1. The number of anilines is 3. The molecule has 2 heterocycles. The van der Waals surface area contributed by atoms with Crippen LogP contribution in [0, 0.1) is 11.8 Å². The number of hydrogen-bond donors (Lipinski definition) is 2. The molecule has 3 rings (SSSR count). The molecule has 0 atom stereocenters. The van der Waals surface area contributed by atoms with Gasteiger partial charge in [0.05, 0.1) is 0 Å². The zero-order valence-corrected chi connectivity index (χ0v) is 20.6. The van der Waals surface area contributed by atoms with Gasteiger partial charge in [-0.15, -0.1) is 0 Å². The van der Waals surface area contributed by atoms with Crippen LogP contribution in [0.3, 0.4) is 0 Å². The summed E-state index contributed by atoms with van der Waals surface area (Å²) < 4.78 is 2.17. The number of nitrogens with two attached hydrogens (primary N) is 1. The quantitative estimate of drug-likeness (QED) is 0.399. The van der Waals surface area contributed by atoms with E-state index in [-0.39, 0.29) is 0 Å². The smallest absolute Gasteiger partial charge is 0.209 e. The van der Waals surface area contributed by atoms with Crippen molar-refractivity contribution in [2.24, 2.45) is 17.6 Å². The van der Waals surface area contributed by atoms with Crippen LogP contribution in [-0.2, 0) is 6.54 Å². The van der Waals surface area contributed by atoms with E-state index in [0.29, 0.717) is 24.3 Å². The largest absolute Gasteiger partial charge is 0.356 e. The Balaban J connectivity index is 1.98. The van der Waals surface area contributed by atoms with Crippen LogP contribution in [0.15, 0.2) is 36.4 Å². The standard InChI is InChI=1S/C26H40N6/c1-18(2)16-31(17-19(3)4)24-13-12-23-25(30-24)32(15-7-14-27)26(29-23)28-22-10-8-21(9-11-22)20(5)6/h8-13,18-20H,7,14-17,27H2,1-6H3,(H,28,29). The third kappa shape index (κ3) is 6.00. The van der Waals surface area contributed by atoms with Gasteiger partial charge in [0.2, 0.25) is 5.95 Å². The molecule has 0 spiro atoms. The fraction of sp³-hybridized carbons (Fsp3) is 0.538. The lowest BCUT2D eigenvalue weighted by atomic mass is 10.0. The monoisotopic (exact) mass is 436 g/mol. The molecule has 0 aliphatic rings. The van der Waals surface area contributed by atoms with E-state index in [1.807, 2.05) is 0 Å². The third-order valence-corrected chi connectivity index (χ3v) is 5.49. The number of aromatic nitrogens is 3. The summed E-state index contributed by atoms with van der Waals surface area (Å²) in [7, 11) is 0. The first-order valence-electron chi connectivity index (χ1n) is 12.0. The first-order valence-corrected chi connectivity index (χ1v) is 12.0. The molecule has 6 heteroatoms. The van der Waals surface area contributed by atoms with Crippen LogP contribution in [-0.4, -0.2) is 34.2 Å². The van der Waals surface area contributed by atoms with Gasteiger partial charge in [-0.1, -0.05) is 53.7 Å². The Labute approximate surface area is 193 Å². The number of hydrogen-bond acceptors (Lipinski definition) is 5. The van der Waals surface area contributed by atoms with E-state index >= 15 is 0 Å². The van der Waals surface area contributed by atoms with Crippen molar-refractivity contribution < 1.29 is 0 Å². The van der Waals surface area contributed by atoms with Gasteiger partial charge < -0.3 is 16.0 Å². The number of benzene rings is 1. The number of imidazole rings is 1. The average molecular weight is 437 g/mol. The van der Waals surface area contributed by atoms with E-state index < -0.39 is 0 Å². The van der Waals surface area contributed by atoms with Crippen molar-refractivity contribution in [3.8, 4) is 0 Å². The average Bonchev–Trinajstić information content (AvgIpc) is 3.07. The fourth-order valence-electron chi connectivity index (χ4n) is 3.95. The molecule has 1 aromatic carbocycles. The van der Waals surface area contributed by atoms with Gasteiger partial charge in [-0.3, -0.25) is 4.57 Å². The van der Waals surface area contributed by atoms with Gasteiger partial charge in [0.1, 0.15) is 11.3 Å². The Bertz CT molecular complexity index is 977. The van der Waals surface area contributed by atoms with E-state index in [0.717, 1.165) is 54.7 Å². The van der Waals surface area contributed by atoms with Crippen molar-refractivity contribution in [1.29, 1.82) is 0 Å². The van der Waals surface area contributed by atoms with Crippen LogP contribution < -0.4 is 16.0 Å². The summed E-state index contributed by atoms with van der Waals surface area (Å²) in [6, 6.07) is 12.8. The lowest BCUT2D eigenvalue weighted by molar-refractivity contribution is 0.549. The summed E-state index contributed by atoms with van der Waals surface area (Å²) in [5.74, 6) is 3.48. The fourth-order valence-corrected chi connectivity index (χ4v) is 3.95. The zero-order valence-electron chi connectivity index (χ0n) is 20.6. The van der Waals surface area contributed by atoms with Crippen molar-refractivity contribution in [2.75, 3.05) is 29.9 Å². The molecule has 6 nitrogen and oxygen atoms in total. The van der Waals surface area contributed by atoms with E-state index in [2.05, 4.69) is 92.7 Å². The van der Waals surface area contributed by atoms with Crippen LogP contribution in [0.4, 0.5) is 17.5 Å². The molecule has 0 unspecified atom stereocenters. The Hall–Kier alpha value is -2.60. The van der Waals surface area contributed by atoms with Gasteiger partial charge >= 0.3 is 0 Å². The maximum atomic E-state index is 5.84. The van der Waals surface area contributed by atoms with Crippen LogP contribution in [0.2, 0.25) is 0 Å². The highest BCUT2D eigenvalue weighted by molar-refractivity contribution is 5.78. The Morgan fingerprint density at radius 2 is 1.56 bits per heavy atom. The summed E-state index contributed by atoms with van der Waals surface area (Å²) in [5.41, 5.74) is 10.0. The van der Waals surface area contributed by atoms with Crippen molar-refractivity contribution >= 4 is 28.6 Å². The van der Waals surface area contributed by atoms with Crippen molar-refractivity contribution in [3.05, 3.63) is 42.0 Å². The second-order valence-corrected chi connectivity index (χ2v) is 9.84. The van der Waals surface area contributed by atoms with Crippen molar-refractivity contribution in [2.45, 2.75) is 60.4 Å². The molecule has 3 N–H and O–H groups in total. The second kappa shape index (κ2) is 10.8. The minimum absolute atomic E-state index is 0.514. The van der Waals surface area contributed by atoms with Crippen molar-refractivity contribution in [3.63, 3.8) is 0 Å². The number of fused-ring (bicyclic) bond motifs is 1. The molecule has 174 valence electrons. The molecule has 0 radical (unpaired) electrons. The molecular weight excluding hydrogens is 396 g/mol.